The normalized spacial score (nSPS) is 11.2. The summed E-state index contributed by atoms with van der Waals surface area (Å²) < 4.78 is 0. The van der Waals surface area contributed by atoms with Crippen molar-refractivity contribution in [2.75, 3.05) is 12.3 Å². The lowest BCUT2D eigenvalue weighted by Gasteiger charge is -2.10. The highest BCUT2D eigenvalue weighted by molar-refractivity contribution is 7.99. The molecule has 0 heterocycles. The maximum Gasteiger partial charge on any atom is 0.269 e. The van der Waals surface area contributed by atoms with E-state index in [0.717, 1.165) is 16.9 Å². The largest absolute Gasteiger partial charge is 0.351 e. The minimum Gasteiger partial charge on any atom is -0.351 e. The molecule has 1 N–H and O–H groups in total. The first-order valence-corrected chi connectivity index (χ1v) is 10.5. The van der Waals surface area contributed by atoms with Gasteiger partial charge in [0.25, 0.3) is 11.6 Å². The van der Waals surface area contributed by atoms with Crippen molar-refractivity contribution in [3.63, 3.8) is 0 Å². The van der Waals surface area contributed by atoms with Gasteiger partial charge in [0, 0.05) is 34.9 Å². The topological polar surface area (TPSA) is 72.2 Å². The third-order valence-electron chi connectivity index (χ3n) is 4.42. The van der Waals surface area contributed by atoms with Gasteiger partial charge in [0.05, 0.1) is 4.92 Å². The number of aryl methyl sites for hydroxylation is 1. The van der Waals surface area contributed by atoms with Crippen molar-refractivity contribution in [1.82, 2.24) is 5.32 Å². The molecule has 5 nitrogen and oxygen atoms in total. The molecule has 3 aromatic rings. The Labute approximate surface area is 180 Å². The number of nitro groups is 1. The van der Waals surface area contributed by atoms with Crippen molar-refractivity contribution < 1.29 is 9.72 Å². The zero-order chi connectivity index (χ0) is 21.3. The molecule has 0 aromatic heterocycles. The summed E-state index contributed by atoms with van der Waals surface area (Å²) in [6.07, 6.45) is 1.75. The zero-order valence-corrected chi connectivity index (χ0v) is 17.4. The summed E-state index contributed by atoms with van der Waals surface area (Å²) in [5.41, 5.74) is 3.27. The number of hydrogen-bond acceptors (Lipinski definition) is 4. The van der Waals surface area contributed by atoms with Gasteiger partial charge in [0.15, 0.2) is 0 Å². The van der Waals surface area contributed by atoms with Gasteiger partial charge in [-0.15, -0.1) is 11.8 Å². The summed E-state index contributed by atoms with van der Waals surface area (Å²) >= 11 is 1.69. The SMILES string of the molecule is Cc1ccc(SCCNC(=O)/C(=C/c2ccc([N+](=O)[O-])cc2)c2ccccc2)cc1. The molecule has 0 aliphatic rings. The van der Waals surface area contributed by atoms with E-state index in [9.17, 15) is 14.9 Å². The van der Waals surface area contributed by atoms with Crippen LogP contribution in [0, 0.1) is 17.0 Å². The van der Waals surface area contributed by atoms with Crippen molar-refractivity contribution >= 4 is 35.0 Å². The molecule has 3 aromatic carbocycles. The Balaban J connectivity index is 1.69. The minimum absolute atomic E-state index is 0.0194. The summed E-state index contributed by atoms with van der Waals surface area (Å²) in [7, 11) is 0. The van der Waals surface area contributed by atoms with Crippen LogP contribution in [0.5, 0.6) is 0 Å². The Morgan fingerprint density at radius 1 is 1.00 bits per heavy atom. The van der Waals surface area contributed by atoms with Crippen LogP contribution >= 0.6 is 11.8 Å². The van der Waals surface area contributed by atoms with Gasteiger partial charge in [-0.3, -0.25) is 14.9 Å². The number of rotatable bonds is 8. The summed E-state index contributed by atoms with van der Waals surface area (Å²) in [4.78, 5) is 24.5. The van der Waals surface area contributed by atoms with E-state index in [2.05, 4.69) is 36.5 Å². The lowest BCUT2D eigenvalue weighted by Crippen LogP contribution is -2.26. The molecule has 0 saturated heterocycles. The third-order valence-corrected chi connectivity index (χ3v) is 5.44. The maximum absolute atomic E-state index is 12.9. The van der Waals surface area contributed by atoms with Crippen LogP contribution in [-0.2, 0) is 4.79 Å². The molecule has 0 radical (unpaired) electrons. The number of benzene rings is 3. The summed E-state index contributed by atoms with van der Waals surface area (Å²) in [5.74, 6) is 0.582. The van der Waals surface area contributed by atoms with Gasteiger partial charge in [-0.05, 0) is 48.4 Å². The van der Waals surface area contributed by atoms with Gasteiger partial charge in [-0.1, -0.05) is 48.0 Å². The molecular formula is C24H22N2O3S. The number of non-ortho nitro benzene ring substituents is 1. The second kappa shape index (κ2) is 10.4. The van der Waals surface area contributed by atoms with Gasteiger partial charge >= 0.3 is 0 Å². The number of carbonyl (C=O) groups is 1. The second-order valence-electron chi connectivity index (χ2n) is 6.69. The first-order valence-electron chi connectivity index (χ1n) is 9.52. The van der Waals surface area contributed by atoms with Crippen LogP contribution in [0.1, 0.15) is 16.7 Å². The van der Waals surface area contributed by atoms with Gasteiger partial charge in [-0.2, -0.15) is 0 Å². The molecule has 30 heavy (non-hydrogen) atoms. The van der Waals surface area contributed by atoms with E-state index < -0.39 is 4.92 Å². The average Bonchev–Trinajstić information content (AvgIpc) is 2.77. The van der Waals surface area contributed by atoms with E-state index in [1.54, 1.807) is 30.0 Å². The molecule has 0 atom stereocenters. The molecule has 0 spiro atoms. The van der Waals surface area contributed by atoms with Crippen LogP contribution in [0.15, 0.2) is 83.8 Å². The molecule has 0 fully saturated rings. The van der Waals surface area contributed by atoms with Crippen LogP contribution < -0.4 is 5.32 Å². The molecule has 152 valence electrons. The average molecular weight is 419 g/mol. The Kier molecular flexibility index (Phi) is 7.40. The molecule has 0 unspecified atom stereocenters. The second-order valence-corrected chi connectivity index (χ2v) is 7.86. The number of nitrogens with zero attached hydrogens (tertiary/aromatic N) is 1. The van der Waals surface area contributed by atoms with E-state index in [1.807, 2.05) is 30.3 Å². The van der Waals surface area contributed by atoms with E-state index in [1.165, 1.54) is 22.6 Å². The monoisotopic (exact) mass is 418 g/mol. The van der Waals surface area contributed by atoms with Gasteiger partial charge in [-0.25, -0.2) is 0 Å². The van der Waals surface area contributed by atoms with Crippen LogP contribution in [-0.4, -0.2) is 23.1 Å². The third kappa shape index (κ3) is 6.06. The summed E-state index contributed by atoms with van der Waals surface area (Å²) in [6, 6.07) is 23.8. The van der Waals surface area contributed by atoms with Crippen molar-refractivity contribution in [1.29, 1.82) is 0 Å². The van der Waals surface area contributed by atoms with Crippen molar-refractivity contribution in [2.45, 2.75) is 11.8 Å². The maximum atomic E-state index is 12.9. The quantitative estimate of drug-likeness (QED) is 0.134. The molecule has 3 rings (SSSR count). The van der Waals surface area contributed by atoms with Crippen molar-refractivity contribution in [3.05, 3.63) is 106 Å². The number of thioether (sulfide) groups is 1. The van der Waals surface area contributed by atoms with Crippen LogP contribution in [0.3, 0.4) is 0 Å². The molecule has 6 heteroatoms. The Bertz CT molecular complexity index is 1030. The summed E-state index contributed by atoms with van der Waals surface area (Å²) in [5, 5.41) is 13.8. The van der Waals surface area contributed by atoms with Crippen molar-refractivity contribution in [3.8, 4) is 0 Å². The number of nitrogens with one attached hydrogen (secondary N) is 1. The van der Waals surface area contributed by atoms with Crippen molar-refractivity contribution in [2.24, 2.45) is 0 Å². The van der Waals surface area contributed by atoms with Gasteiger partial charge < -0.3 is 5.32 Å². The predicted octanol–water partition coefficient (Wildman–Crippen LogP) is 5.35. The molecular weight excluding hydrogens is 396 g/mol. The molecule has 0 saturated carbocycles. The van der Waals surface area contributed by atoms with Gasteiger partial charge in [0.2, 0.25) is 0 Å². The number of nitro benzene ring substituents is 1. The van der Waals surface area contributed by atoms with Crippen LogP contribution in [0.25, 0.3) is 11.6 Å². The molecule has 0 bridgehead atoms. The first kappa shape index (κ1) is 21.3. The predicted molar refractivity (Wildman–Crippen MR) is 122 cm³/mol. The first-order chi connectivity index (χ1) is 14.5. The highest BCUT2D eigenvalue weighted by atomic mass is 32.2. The highest BCUT2D eigenvalue weighted by Crippen LogP contribution is 2.21. The smallest absolute Gasteiger partial charge is 0.269 e. The fraction of sp³-hybridized carbons (Fsp3) is 0.125. The van der Waals surface area contributed by atoms with E-state index in [-0.39, 0.29) is 11.6 Å². The Morgan fingerprint density at radius 2 is 1.67 bits per heavy atom. The Morgan fingerprint density at radius 3 is 2.30 bits per heavy atom. The lowest BCUT2D eigenvalue weighted by atomic mass is 10.0. The number of hydrogen-bond donors (Lipinski definition) is 1. The van der Waals surface area contributed by atoms with E-state index in [4.69, 9.17) is 0 Å². The van der Waals surface area contributed by atoms with Crippen LogP contribution in [0.4, 0.5) is 5.69 Å². The Hall–Kier alpha value is -3.38. The standard InChI is InChI=1S/C24H22N2O3S/c1-18-7-13-22(14-8-18)30-16-15-25-24(27)23(20-5-3-2-4-6-20)17-19-9-11-21(12-10-19)26(28)29/h2-14,17H,15-16H2,1H3,(H,25,27)/b23-17+. The fourth-order valence-corrected chi connectivity index (χ4v) is 3.59. The summed E-state index contributed by atoms with van der Waals surface area (Å²) in [6.45, 7) is 2.58. The van der Waals surface area contributed by atoms with E-state index in [0.29, 0.717) is 12.1 Å². The molecule has 1 amide bonds. The number of carbonyl (C=O) groups excluding carboxylic acids is 1. The highest BCUT2D eigenvalue weighted by Gasteiger charge is 2.12. The van der Waals surface area contributed by atoms with E-state index >= 15 is 0 Å². The zero-order valence-electron chi connectivity index (χ0n) is 16.6. The lowest BCUT2D eigenvalue weighted by molar-refractivity contribution is -0.384. The molecule has 0 aliphatic heterocycles. The van der Waals surface area contributed by atoms with Crippen LogP contribution in [0.2, 0.25) is 0 Å². The number of amides is 1. The van der Waals surface area contributed by atoms with Gasteiger partial charge in [0.1, 0.15) is 0 Å². The minimum atomic E-state index is -0.440. The molecule has 0 aliphatic carbocycles. The fourth-order valence-electron chi connectivity index (χ4n) is 2.82.